The van der Waals surface area contributed by atoms with Crippen LogP contribution in [-0.2, 0) is 6.54 Å². The van der Waals surface area contributed by atoms with Crippen LogP contribution in [0.5, 0.6) is 0 Å². The summed E-state index contributed by atoms with van der Waals surface area (Å²) in [7, 11) is 0. The highest BCUT2D eigenvalue weighted by atomic mass is 15.2. The summed E-state index contributed by atoms with van der Waals surface area (Å²) in [6.07, 6.45) is 2.76. The van der Waals surface area contributed by atoms with E-state index in [9.17, 15) is 0 Å². The molecule has 2 heteroatoms. The van der Waals surface area contributed by atoms with Crippen molar-refractivity contribution in [2.75, 3.05) is 19.6 Å². The maximum atomic E-state index is 3.58. The van der Waals surface area contributed by atoms with E-state index in [0.29, 0.717) is 5.92 Å². The minimum atomic E-state index is 0.665. The lowest BCUT2D eigenvalue weighted by Gasteiger charge is -2.40. The van der Waals surface area contributed by atoms with Crippen LogP contribution in [0.4, 0.5) is 0 Å². The fourth-order valence-corrected chi connectivity index (χ4v) is 3.66. The summed E-state index contributed by atoms with van der Waals surface area (Å²) < 4.78 is 0. The first-order chi connectivity index (χ1) is 9.24. The predicted molar refractivity (Wildman–Crippen MR) is 80.3 cm³/mol. The normalized spacial score (nSPS) is 32.0. The topological polar surface area (TPSA) is 15.3 Å². The second-order valence-electron chi connectivity index (χ2n) is 6.51. The molecule has 1 aromatic rings. The highest BCUT2D eigenvalue weighted by molar-refractivity contribution is 5.33. The molecule has 1 fully saturated rings. The Bertz CT molecular complexity index is 429. The molecule has 2 aliphatic rings. The third-order valence-corrected chi connectivity index (χ3v) is 4.90. The SMILES string of the molecule is CC1CCC(C)N(CC2CNCc3ccccc32)C1. The molecule has 104 valence electrons. The lowest BCUT2D eigenvalue weighted by molar-refractivity contribution is 0.115. The van der Waals surface area contributed by atoms with E-state index in [1.165, 1.54) is 31.5 Å². The van der Waals surface area contributed by atoms with Crippen LogP contribution in [0, 0.1) is 5.92 Å². The molecule has 1 aromatic carbocycles. The van der Waals surface area contributed by atoms with E-state index < -0.39 is 0 Å². The van der Waals surface area contributed by atoms with Crippen molar-refractivity contribution in [2.45, 2.75) is 45.2 Å². The summed E-state index contributed by atoms with van der Waals surface area (Å²) in [5.74, 6) is 1.53. The predicted octanol–water partition coefficient (Wildman–Crippen LogP) is 2.99. The van der Waals surface area contributed by atoms with Crippen molar-refractivity contribution in [3.8, 4) is 0 Å². The first-order valence-corrected chi connectivity index (χ1v) is 7.76. The Hall–Kier alpha value is -0.860. The summed E-state index contributed by atoms with van der Waals surface area (Å²) >= 11 is 0. The van der Waals surface area contributed by atoms with Gasteiger partial charge in [-0.1, -0.05) is 31.2 Å². The van der Waals surface area contributed by atoms with Gasteiger partial charge in [0.1, 0.15) is 0 Å². The monoisotopic (exact) mass is 258 g/mol. The van der Waals surface area contributed by atoms with Gasteiger partial charge in [-0.15, -0.1) is 0 Å². The van der Waals surface area contributed by atoms with Gasteiger partial charge >= 0.3 is 0 Å². The summed E-state index contributed by atoms with van der Waals surface area (Å²) in [6, 6.07) is 9.72. The zero-order valence-electron chi connectivity index (χ0n) is 12.2. The maximum Gasteiger partial charge on any atom is 0.0208 e. The average Bonchev–Trinajstić information content (AvgIpc) is 2.43. The first-order valence-electron chi connectivity index (χ1n) is 7.76. The molecule has 0 spiro atoms. The number of benzene rings is 1. The van der Waals surface area contributed by atoms with Gasteiger partial charge in [0.05, 0.1) is 0 Å². The van der Waals surface area contributed by atoms with Gasteiger partial charge in [0, 0.05) is 38.1 Å². The average molecular weight is 258 g/mol. The highest BCUT2D eigenvalue weighted by Crippen LogP contribution is 2.28. The van der Waals surface area contributed by atoms with Crippen LogP contribution in [0.1, 0.15) is 43.7 Å². The van der Waals surface area contributed by atoms with Crippen molar-refractivity contribution >= 4 is 0 Å². The fraction of sp³-hybridized carbons (Fsp3) is 0.647. The second-order valence-corrected chi connectivity index (χ2v) is 6.51. The van der Waals surface area contributed by atoms with Crippen LogP contribution >= 0.6 is 0 Å². The van der Waals surface area contributed by atoms with Crippen LogP contribution in [0.3, 0.4) is 0 Å². The second kappa shape index (κ2) is 5.64. The van der Waals surface area contributed by atoms with Crippen LogP contribution in [-0.4, -0.2) is 30.6 Å². The third-order valence-electron chi connectivity index (χ3n) is 4.90. The molecule has 1 saturated heterocycles. The van der Waals surface area contributed by atoms with E-state index in [2.05, 4.69) is 48.3 Å². The molecule has 0 bridgehead atoms. The van der Waals surface area contributed by atoms with Gasteiger partial charge in [0.15, 0.2) is 0 Å². The molecule has 2 nitrogen and oxygen atoms in total. The molecule has 0 aromatic heterocycles. The molecule has 0 saturated carbocycles. The van der Waals surface area contributed by atoms with Crippen molar-refractivity contribution in [3.63, 3.8) is 0 Å². The summed E-state index contributed by atoms with van der Waals surface area (Å²) in [6.45, 7) is 9.46. The standard InChI is InChI=1S/C17H26N2/c1-13-7-8-14(2)19(11-13)12-16-10-18-9-15-5-3-4-6-17(15)16/h3-6,13-14,16,18H,7-12H2,1-2H3. The Morgan fingerprint density at radius 2 is 2.05 bits per heavy atom. The van der Waals surface area contributed by atoms with Crippen LogP contribution in [0.2, 0.25) is 0 Å². The molecule has 1 N–H and O–H groups in total. The Labute approximate surface area is 117 Å². The number of hydrogen-bond donors (Lipinski definition) is 1. The largest absolute Gasteiger partial charge is 0.312 e. The molecule has 2 heterocycles. The lowest BCUT2D eigenvalue weighted by atomic mass is 9.88. The van der Waals surface area contributed by atoms with Crippen molar-refractivity contribution in [1.82, 2.24) is 10.2 Å². The first kappa shape index (κ1) is 13.1. The lowest BCUT2D eigenvalue weighted by Crippen LogP contribution is -2.45. The Morgan fingerprint density at radius 3 is 2.95 bits per heavy atom. The minimum Gasteiger partial charge on any atom is -0.312 e. The molecule has 0 aliphatic carbocycles. The summed E-state index contributed by atoms with van der Waals surface area (Å²) in [4.78, 5) is 2.71. The Morgan fingerprint density at radius 1 is 1.21 bits per heavy atom. The number of nitrogens with one attached hydrogen (secondary N) is 1. The van der Waals surface area contributed by atoms with Gasteiger partial charge in [-0.25, -0.2) is 0 Å². The van der Waals surface area contributed by atoms with Crippen LogP contribution in [0.15, 0.2) is 24.3 Å². The molecule has 19 heavy (non-hydrogen) atoms. The Balaban J connectivity index is 1.73. The zero-order valence-corrected chi connectivity index (χ0v) is 12.2. The number of piperidine rings is 1. The van der Waals surface area contributed by atoms with E-state index >= 15 is 0 Å². The van der Waals surface area contributed by atoms with Gasteiger partial charge < -0.3 is 5.32 Å². The molecule has 2 aliphatic heterocycles. The van der Waals surface area contributed by atoms with Crippen molar-refractivity contribution in [2.24, 2.45) is 5.92 Å². The molecule has 0 radical (unpaired) electrons. The quantitative estimate of drug-likeness (QED) is 0.877. The fourth-order valence-electron chi connectivity index (χ4n) is 3.66. The molecular formula is C17H26N2. The van der Waals surface area contributed by atoms with Crippen LogP contribution in [0.25, 0.3) is 0 Å². The molecule has 3 atom stereocenters. The molecule has 3 rings (SSSR count). The van der Waals surface area contributed by atoms with Crippen molar-refractivity contribution < 1.29 is 0 Å². The van der Waals surface area contributed by atoms with Gasteiger partial charge in [0.25, 0.3) is 0 Å². The smallest absolute Gasteiger partial charge is 0.0208 e. The third kappa shape index (κ3) is 2.85. The Kier molecular flexibility index (Phi) is 3.90. The van der Waals surface area contributed by atoms with E-state index in [1.54, 1.807) is 5.56 Å². The van der Waals surface area contributed by atoms with Crippen LogP contribution < -0.4 is 5.32 Å². The van der Waals surface area contributed by atoms with E-state index in [0.717, 1.165) is 25.0 Å². The maximum absolute atomic E-state index is 3.58. The van der Waals surface area contributed by atoms with E-state index in [-0.39, 0.29) is 0 Å². The number of likely N-dealkylation sites (tertiary alicyclic amines) is 1. The number of fused-ring (bicyclic) bond motifs is 1. The summed E-state index contributed by atoms with van der Waals surface area (Å²) in [5, 5.41) is 3.58. The van der Waals surface area contributed by atoms with E-state index in [1.807, 2.05) is 0 Å². The van der Waals surface area contributed by atoms with E-state index in [4.69, 9.17) is 0 Å². The molecular weight excluding hydrogens is 232 g/mol. The highest BCUT2D eigenvalue weighted by Gasteiger charge is 2.27. The zero-order chi connectivity index (χ0) is 13.2. The molecule has 0 amide bonds. The number of hydrogen-bond acceptors (Lipinski definition) is 2. The number of rotatable bonds is 2. The van der Waals surface area contributed by atoms with Gasteiger partial charge in [-0.3, -0.25) is 4.90 Å². The van der Waals surface area contributed by atoms with Gasteiger partial charge in [-0.05, 0) is 36.8 Å². The van der Waals surface area contributed by atoms with Gasteiger partial charge in [-0.2, -0.15) is 0 Å². The van der Waals surface area contributed by atoms with Crippen molar-refractivity contribution in [3.05, 3.63) is 35.4 Å². The number of nitrogens with zero attached hydrogens (tertiary/aromatic N) is 1. The minimum absolute atomic E-state index is 0.665. The summed E-state index contributed by atoms with van der Waals surface area (Å²) in [5.41, 5.74) is 3.07. The molecule has 3 unspecified atom stereocenters. The van der Waals surface area contributed by atoms with Crippen molar-refractivity contribution in [1.29, 1.82) is 0 Å². The van der Waals surface area contributed by atoms with Gasteiger partial charge in [0.2, 0.25) is 0 Å².